The van der Waals surface area contributed by atoms with E-state index in [2.05, 4.69) is 10.2 Å². The molecular formula is C13H18N2O2. The Kier molecular flexibility index (Phi) is 4.12. The van der Waals surface area contributed by atoms with Gasteiger partial charge in [0.1, 0.15) is 5.75 Å². The van der Waals surface area contributed by atoms with E-state index in [1.807, 2.05) is 31.2 Å². The highest BCUT2D eigenvalue weighted by atomic mass is 16.5. The number of nitrogens with one attached hydrogen (secondary N) is 1. The molecule has 1 heterocycles. The Morgan fingerprint density at radius 3 is 2.76 bits per heavy atom. The van der Waals surface area contributed by atoms with Gasteiger partial charge < -0.3 is 10.1 Å². The number of hydrogen-bond acceptors (Lipinski definition) is 4. The molecule has 1 aromatic carbocycles. The van der Waals surface area contributed by atoms with Crippen molar-refractivity contribution in [3.8, 4) is 5.75 Å². The first kappa shape index (κ1) is 12.1. The van der Waals surface area contributed by atoms with E-state index >= 15 is 0 Å². The molecule has 0 radical (unpaired) electrons. The number of ether oxygens (including phenoxy) is 1. The zero-order valence-electron chi connectivity index (χ0n) is 10.1. The van der Waals surface area contributed by atoms with E-state index in [0.29, 0.717) is 12.3 Å². The molecular weight excluding hydrogens is 216 g/mol. The van der Waals surface area contributed by atoms with E-state index in [9.17, 15) is 4.79 Å². The Balaban J connectivity index is 1.86. The number of rotatable bonds is 3. The quantitative estimate of drug-likeness (QED) is 0.620. The van der Waals surface area contributed by atoms with Crippen molar-refractivity contribution in [3.63, 3.8) is 0 Å². The van der Waals surface area contributed by atoms with Gasteiger partial charge in [0.2, 0.25) is 0 Å². The zero-order valence-corrected chi connectivity index (χ0v) is 10.1. The van der Waals surface area contributed by atoms with Crippen LogP contribution in [0.1, 0.15) is 5.56 Å². The summed E-state index contributed by atoms with van der Waals surface area (Å²) in [4.78, 5) is 13.9. The number of hydrogen-bond donors (Lipinski definition) is 1. The molecule has 0 bridgehead atoms. The van der Waals surface area contributed by atoms with Crippen LogP contribution in [0.2, 0.25) is 0 Å². The summed E-state index contributed by atoms with van der Waals surface area (Å²) in [5, 5.41) is 3.25. The van der Waals surface area contributed by atoms with Gasteiger partial charge in [-0.05, 0) is 18.6 Å². The minimum absolute atomic E-state index is 0.179. The molecule has 4 heteroatoms. The second-order valence-electron chi connectivity index (χ2n) is 4.27. The summed E-state index contributed by atoms with van der Waals surface area (Å²) in [7, 11) is 0. The predicted octanol–water partition coefficient (Wildman–Crippen LogP) is 0.806. The molecule has 0 spiro atoms. The molecule has 2 rings (SSSR count). The third kappa shape index (κ3) is 3.54. The minimum atomic E-state index is -0.179. The van der Waals surface area contributed by atoms with Gasteiger partial charge in [-0.2, -0.15) is 0 Å². The molecule has 17 heavy (non-hydrogen) atoms. The molecule has 1 aromatic rings. The van der Waals surface area contributed by atoms with E-state index in [0.717, 1.165) is 31.7 Å². The average Bonchev–Trinajstić information content (AvgIpc) is 2.33. The van der Waals surface area contributed by atoms with Crippen LogP contribution >= 0.6 is 0 Å². The maximum absolute atomic E-state index is 11.7. The van der Waals surface area contributed by atoms with Crippen molar-refractivity contribution in [3.05, 3.63) is 29.8 Å². The highest BCUT2D eigenvalue weighted by Gasteiger charge is 2.15. The first-order valence-corrected chi connectivity index (χ1v) is 5.95. The van der Waals surface area contributed by atoms with Crippen LogP contribution in [-0.4, -0.2) is 43.6 Å². The van der Waals surface area contributed by atoms with Gasteiger partial charge in [-0.15, -0.1) is 0 Å². The molecule has 4 nitrogen and oxygen atoms in total. The average molecular weight is 234 g/mol. The highest BCUT2D eigenvalue weighted by molar-refractivity contribution is 5.74. The van der Waals surface area contributed by atoms with Crippen LogP contribution in [0.15, 0.2) is 24.3 Å². The largest absolute Gasteiger partial charge is 0.425 e. The van der Waals surface area contributed by atoms with Crippen molar-refractivity contribution in [1.29, 1.82) is 0 Å². The molecule has 0 atom stereocenters. The van der Waals surface area contributed by atoms with Gasteiger partial charge in [-0.3, -0.25) is 9.69 Å². The van der Waals surface area contributed by atoms with Crippen LogP contribution in [0.25, 0.3) is 0 Å². The lowest BCUT2D eigenvalue weighted by atomic mass is 10.2. The van der Waals surface area contributed by atoms with Crippen LogP contribution in [0.4, 0.5) is 0 Å². The Morgan fingerprint density at radius 1 is 1.35 bits per heavy atom. The summed E-state index contributed by atoms with van der Waals surface area (Å²) in [5.41, 5.74) is 0.987. The lowest BCUT2D eigenvalue weighted by Crippen LogP contribution is -2.46. The number of benzene rings is 1. The normalized spacial score (nSPS) is 16.8. The number of carbonyl (C=O) groups excluding carboxylic acids is 1. The predicted molar refractivity (Wildman–Crippen MR) is 66.1 cm³/mol. The molecule has 1 aliphatic rings. The molecule has 0 aromatic heterocycles. The standard InChI is InChI=1S/C13H18N2O2/c1-11-4-2-3-5-12(11)17-13(16)10-15-8-6-14-7-9-15/h2-5,14H,6-10H2,1H3. The summed E-state index contributed by atoms with van der Waals surface area (Å²) >= 11 is 0. The van der Waals surface area contributed by atoms with Gasteiger partial charge in [0.15, 0.2) is 0 Å². The fourth-order valence-electron chi connectivity index (χ4n) is 1.88. The first-order chi connectivity index (χ1) is 8.25. The van der Waals surface area contributed by atoms with Gasteiger partial charge in [0.25, 0.3) is 0 Å². The van der Waals surface area contributed by atoms with Crippen molar-refractivity contribution in [1.82, 2.24) is 10.2 Å². The first-order valence-electron chi connectivity index (χ1n) is 5.95. The Morgan fingerprint density at radius 2 is 2.06 bits per heavy atom. The van der Waals surface area contributed by atoms with Crippen LogP contribution < -0.4 is 10.1 Å². The third-order valence-corrected chi connectivity index (χ3v) is 2.88. The van der Waals surface area contributed by atoms with E-state index < -0.39 is 0 Å². The fourth-order valence-corrected chi connectivity index (χ4v) is 1.88. The van der Waals surface area contributed by atoms with Crippen molar-refractivity contribution >= 4 is 5.97 Å². The van der Waals surface area contributed by atoms with Gasteiger partial charge in [0, 0.05) is 26.2 Å². The summed E-state index contributed by atoms with van der Waals surface area (Å²) in [6, 6.07) is 7.57. The van der Waals surface area contributed by atoms with Crippen LogP contribution in [0, 0.1) is 6.92 Å². The minimum Gasteiger partial charge on any atom is -0.425 e. The topological polar surface area (TPSA) is 41.6 Å². The maximum atomic E-state index is 11.7. The van der Waals surface area contributed by atoms with Gasteiger partial charge in [0.05, 0.1) is 6.54 Å². The third-order valence-electron chi connectivity index (χ3n) is 2.88. The molecule has 1 aliphatic heterocycles. The Bertz CT molecular complexity index is 387. The molecule has 0 amide bonds. The van der Waals surface area contributed by atoms with Crippen molar-refractivity contribution < 1.29 is 9.53 Å². The SMILES string of the molecule is Cc1ccccc1OC(=O)CN1CCNCC1. The molecule has 0 aliphatic carbocycles. The van der Waals surface area contributed by atoms with Crippen LogP contribution in [0.5, 0.6) is 5.75 Å². The number of para-hydroxylation sites is 1. The molecule has 92 valence electrons. The van der Waals surface area contributed by atoms with E-state index in [4.69, 9.17) is 4.74 Å². The molecule has 1 saturated heterocycles. The Hall–Kier alpha value is -1.39. The molecule has 1 fully saturated rings. The smallest absolute Gasteiger partial charge is 0.325 e. The van der Waals surface area contributed by atoms with Gasteiger partial charge in [-0.1, -0.05) is 18.2 Å². The Labute approximate surface area is 102 Å². The van der Waals surface area contributed by atoms with E-state index in [-0.39, 0.29) is 5.97 Å². The summed E-state index contributed by atoms with van der Waals surface area (Å²) in [6.45, 7) is 6.00. The number of carbonyl (C=O) groups is 1. The van der Waals surface area contributed by atoms with Crippen LogP contribution in [0.3, 0.4) is 0 Å². The van der Waals surface area contributed by atoms with Crippen molar-refractivity contribution in [2.24, 2.45) is 0 Å². The monoisotopic (exact) mass is 234 g/mol. The molecule has 1 N–H and O–H groups in total. The van der Waals surface area contributed by atoms with Crippen molar-refractivity contribution in [2.45, 2.75) is 6.92 Å². The number of piperazine rings is 1. The number of aryl methyl sites for hydroxylation is 1. The fraction of sp³-hybridized carbons (Fsp3) is 0.462. The number of esters is 1. The van der Waals surface area contributed by atoms with Crippen LogP contribution in [-0.2, 0) is 4.79 Å². The van der Waals surface area contributed by atoms with E-state index in [1.165, 1.54) is 0 Å². The summed E-state index contributed by atoms with van der Waals surface area (Å²) < 4.78 is 5.35. The number of nitrogens with zero attached hydrogens (tertiary/aromatic N) is 1. The van der Waals surface area contributed by atoms with Crippen molar-refractivity contribution in [2.75, 3.05) is 32.7 Å². The van der Waals surface area contributed by atoms with Gasteiger partial charge in [-0.25, -0.2) is 0 Å². The second-order valence-corrected chi connectivity index (χ2v) is 4.27. The second kappa shape index (κ2) is 5.80. The highest BCUT2D eigenvalue weighted by Crippen LogP contribution is 2.16. The zero-order chi connectivity index (χ0) is 12.1. The summed E-state index contributed by atoms with van der Waals surface area (Å²) in [6.07, 6.45) is 0. The lowest BCUT2D eigenvalue weighted by molar-refractivity contribution is -0.135. The maximum Gasteiger partial charge on any atom is 0.325 e. The molecule has 0 saturated carbocycles. The lowest BCUT2D eigenvalue weighted by Gasteiger charge is -2.26. The van der Waals surface area contributed by atoms with Gasteiger partial charge >= 0.3 is 5.97 Å². The molecule has 0 unspecified atom stereocenters. The van der Waals surface area contributed by atoms with E-state index in [1.54, 1.807) is 0 Å². The summed E-state index contributed by atoms with van der Waals surface area (Å²) in [5.74, 6) is 0.480.